The van der Waals surface area contributed by atoms with Crippen molar-refractivity contribution in [2.45, 2.75) is 12.6 Å². The van der Waals surface area contributed by atoms with Gasteiger partial charge in [0.05, 0.1) is 45.1 Å². The molecule has 2 aromatic rings. The van der Waals surface area contributed by atoms with Crippen LogP contribution in [-0.2, 0) is 11.3 Å². The summed E-state index contributed by atoms with van der Waals surface area (Å²) >= 11 is 0. The molecule has 0 spiro atoms. The van der Waals surface area contributed by atoms with E-state index in [0.717, 1.165) is 32.0 Å². The number of hydrogen-bond acceptors (Lipinski definition) is 7. The molecule has 2 fully saturated rings. The van der Waals surface area contributed by atoms with Gasteiger partial charge in [0.2, 0.25) is 0 Å². The zero-order chi connectivity index (χ0) is 22.5. The van der Waals surface area contributed by atoms with Gasteiger partial charge in [0.15, 0.2) is 5.78 Å². The van der Waals surface area contributed by atoms with E-state index in [0.29, 0.717) is 36.1 Å². The van der Waals surface area contributed by atoms with Crippen LogP contribution in [-0.4, -0.2) is 85.7 Å². The van der Waals surface area contributed by atoms with Crippen LogP contribution < -0.4 is 15.4 Å². The Hall–Kier alpha value is -3.01. The molecule has 0 radical (unpaired) electrons. The van der Waals surface area contributed by atoms with Gasteiger partial charge in [-0.25, -0.2) is 4.79 Å². The normalized spacial score (nSPS) is 17.0. The van der Waals surface area contributed by atoms with Gasteiger partial charge in [-0.15, -0.1) is 0 Å². The highest BCUT2D eigenvalue weighted by Crippen LogP contribution is 2.25. The van der Waals surface area contributed by atoms with Crippen LogP contribution >= 0.6 is 0 Å². The Morgan fingerprint density at radius 1 is 1.19 bits per heavy atom. The van der Waals surface area contributed by atoms with E-state index in [1.807, 2.05) is 29.2 Å². The molecule has 1 aromatic heterocycles. The number of nitrogens with two attached hydrogens (primary N) is 1. The minimum atomic E-state index is -0.167. The van der Waals surface area contributed by atoms with Crippen LogP contribution in [0.5, 0.6) is 5.75 Å². The van der Waals surface area contributed by atoms with E-state index in [1.54, 1.807) is 24.1 Å². The summed E-state index contributed by atoms with van der Waals surface area (Å²) in [6.07, 6.45) is 1.51. The zero-order valence-electron chi connectivity index (χ0n) is 18.3. The predicted octanol–water partition coefficient (Wildman–Crippen LogP) is 1.37. The summed E-state index contributed by atoms with van der Waals surface area (Å²) in [5.74, 6) is 0.506. The third-order valence-electron chi connectivity index (χ3n) is 5.97. The summed E-state index contributed by atoms with van der Waals surface area (Å²) < 4.78 is 10.7. The molecule has 0 bridgehead atoms. The van der Waals surface area contributed by atoms with Crippen LogP contribution in [0.15, 0.2) is 42.6 Å². The molecule has 1 aromatic carbocycles. The van der Waals surface area contributed by atoms with Gasteiger partial charge in [-0.1, -0.05) is 6.07 Å². The van der Waals surface area contributed by atoms with E-state index in [-0.39, 0.29) is 24.9 Å². The number of aromatic nitrogens is 1. The molecule has 2 aliphatic rings. The quantitative estimate of drug-likeness (QED) is 0.651. The molecule has 2 N–H and O–H groups in total. The Kier molecular flexibility index (Phi) is 6.99. The fraction of sp³-hybridized carbons (Fsp3) is 0.435. The number of hydrogen-bond donors (Lipinski definition) is 1. The van der Waals surface area contributed by atoms with Crippen molar-refractivity contribution in [1.82, 2.24) is 14.8 Å². The van der Waals surface area contributed by atoms with Gasteiger partial charge in [0.1, 0.15) is 5.75 Å². The highest BCUT2D eigenvalue weighted by Gasteiger charge is 2.32. The van der Waals surface area contributed by atoms with Crippen molar-refractivity contribution in [2.24, 2.45) is 5.73 Å². The Bertz CT molecular complexity index is 940. The number of carbonyl (C=O) groups is 2. The van der Waals surface area contributed by atoms with E-state index in [4.69, 9.17) is 15.2 Å². The molecular weight excluding hydrogens is 410 g/mol. The molecule has 0 unspecified atom stereocenters. The van der Waals surface area contributed by atoms with Crippen LogP contribution in [0.4, 0.5) is 10.5 Å². The van der Waals surface area contributed by atoms with Crippen LogP contribution in [0, 0.1) is 0 Å². The van der Waals surface area contributed by atoms with Crippen molar-refractivity contribution in [3.05, 3.63) is 53.9 Å². The Labute approximate surface area is 187 Å². The molecule has 0 atom stereocenters. The second kappa shape index (κ2) is 10.1. The van der Waals surface area contributed by atoms with E-state index in [1.165, 1.54) is 6.20 Å². The van der Waals surface area contributed by atoms with Crippen molar-refractivity contribution < 1.29 is 19.1 Å². The fourth-order valence-electron chi connectivity index (χ4n) is 3.89. The highest BCUT2D eigenvalue weighted by atomic mass is 16.5. The molecule has 9 nitrogen and oxygen atoms in total. The van der Waals surface area contributed by atoms with Crippen molar-refractivity contribution in [3.63, 3.8) is 0 Å². The lowest BCUT2D eigenvalue weighted by Gasteiger charge is -2.43. The molecule has 2 saturated heterocycles. The maximum Gasteiger partial charge on any atom is 0.324 e. The van der Waals surface area contributed by atoms with Gasteiger partial charge in [0.25, 0.3) is 0 Å². The van der Waals surface area contributed by atoms with E-state index < -0.39 is 0 Å². The first-order chi connectivity index (χ1) is 15.6. The third kappa shape index (κ3) is 4.90. The standard InChI is InChI=1S/C23H29N5O4/c1-31-21-4-2-3-19(11-21)28(14-18-6-5-17(13-25-18)22(29)12-24)23(30)27-9-7-26(8-10-27)20-15-32-16-20/h2-6,11,13,20H,7-10,12,14-16,24H2,1H3. The van der Waals surface area contributed by atoms with Crippen molar-refractivity contribution in [2.75, 3.05) is 57.9 Å². The van der Waals surface area contributed by atoms with Crippen molar-refractivity contribution in [3.8, 4) is 5.75 Å². The average molecular weight is 440 g/mol. The maximum atomic E-state index is 13.6. The topological polar surface area (TPSA) is 101 Å². The zero-order valence-corrected chi connectivity index (χ0v) is 18.3. The van der Waals surface area contributed by atoms with Crippen molar-refractivity contribution in [1.29, 1.82) is 0 Å². The number of benzene rings is 1. The monoisotopic (exact) mass is 439 g/mol. The van der Waals surface area contributed by atoms with Crippen LogP contribution in [0.3, 0.4) is 0 Å². The number of amides is 2. The second-order valence-electron chi connectivity index (χ2n) is 7.95. The van der Waals surface area contributed by atoms with Crippen LogP contribution in [0.2, 0.25) is 0 Å². The predicted molar refractivity (Wildman–Crippen MR) is 120 cm³/mol. The molecule has 170 valence electrons. The van der Waals surface area contributed by atoms with Crippen LogP contribution in [0.25, 0.3) is 0 Å². The lowest BCUT2D eigenvalue weighted by atomic mass is 10.1. The summed E-state index contributed by atoms with van der Waals surface area (Å²) in [6, 6.07) is 11.3. The molecular formula is C23H29N5O4. The van der Waals surface area contributed by atoms with Gasteiger partial charge in [0, 0.05) is 49.7 Å². The lowest BCUT2D eigenvalue weighted by Crippen LogP contribution is -2.59. The molecule has 4 rings (SSSR count). The first-order valence-corrected chi connectivity index (χ1v) is 10.8. The number of anilines is 1. The second-order valence-corrected chi connectivity index (χ2v) is 7.95. The number of methoxy groups -OCH3 is 1. The van der Waals surface area contributed by atoms with E-state index in [2.05, 4.69) is 9.88 Å². The van der Waals surface area contributed by atoms with Gasteiger partial charge < -0.3 is 20.1 Å². The fourth-order valence-corrected chi connectivity index (χ4v) is 3.89. The number of nitrogens with zero attached hydrogens (tertiary/aromatic N) is 4. The summed E-state index contributed by atoms with van der Waals surface area (Å²) in [7, 11) is 1.60. The first-order valence-electron chi connectivity index (χ1n) is 10.8. The summed E-state index contributed by atoms with van der Waals surface area (Å²) in [4.78, 5) is 35.7. The Balaban J connectivity index is 1.52. The molecule has 0 aliphatic carbocycles. The molecule has 2 amide bonds. The largest absolute Gasteiger partial charge is 0.497 e. The third-order valence-corrected chi connectivity index (χ3v) is 5.97. The first kappa shape index (κ1) is 22.2. The number of urea groups is 1. The number of ether oxygens (including phenoxy) is 2. The molecule has 2 aliphatic heterocycles. The van der Waals surface area contributed by atoms with Gasteiger partial charge in [-0.2, -0.15) is 0 Å². The summed E-state index contributed by atoms with van der Waals surface area (Å²) in [5.41, 5.74) is 7.31. The molecule has 32 heavy (non-hydrogen) atoms. The number of piperazine rings is 1. The minimum absolute atomic E-state index is 0.0611. The number of Topliss-reactive ketones (excluding diaryl/α,β-unsaturated/α-hetero) is 1. The maximum absolute atomic E-state index is 13.6. The van der Waals surface area contributed by atoms with Crippen molar-refractivity contribution >= 4 is 17.5 Å². The van der Waals surface area contributed by atoms with Gasteiger partial charge >= 0.3 is 6.03 Å². The molecule has 9 heteroatoms. The minimum Gasteiger partial charge on any atom is -0.497 e. The number of ketones is 1. The van der Waals surface area contributed by atoms with Gasteiger partial charge in [-0.3, -0.25) is 19.6 Å². The number of carbonyl (C=O) groups excluding carboxylic acids is 2. The highest BCUT2D eigenvalue weighted by molar-refractivity contribution is 5.97. The van der Waals surface area contributed by atoms with Crippen LogP contribution in [0.1, 0.15) is 16.1 Å². The Morgan fingerprint density at radius 2 is 1.97 bits per heavy atom. The lowest BCUT2D eigenvalue weighted by molar-refractivity contribution is -0.0738. The van der Waals surface area contributed by atoms with E-state index in [9.17, 15) is 9.59 Å². The summed E-state index contributed by atoms with van der Waals surface area (Å²) in [6.45, 7) is 4.75. The number of rotatable bonds is 7. The average Bonchev–Trinajstić information content (AvgIpc) is 2.81. The SMILES string of the molecule is COc1cccc(N(Cc2ccc(C(=O)CN)cn2)C(=O)N2CCN(C3COC3)CC2)c1. The smallest absolute Gasteiger partial charge is 0.324 e. The number of pyridine rings is 1. The summed E-state index contributed by atoms with van der Waals surface area (Å²) in [5, 5.41) is 0. The Morgan fingerprint density at radius 3 is 2.56 bits per heavy atom. The molecule has 3 heterocycles. The van der Waals surface area contributed by atoms with Gasteiger partial charge in [-0.05, 0) is 24.3 Å². The molecule has 0 saturated carbocycles. The van der Waals surface area contributed by atoms with E-state index >= 15 is 0 Å².